The van der Waals surface area contributed by atoms with Crippen molar-refractivity contribution in [1.29, 1.82) is 0 Å². The van der Waals surface area contributed by atoms with Gasteiger partial charge in [0, 0.05) is 0 Å². The molecule has 13 heavy (non-hydrogen) atoms. The summed E-state index contributed by atoms with van der Waals surface area (Å²) in [6, 6.07) is -1.10. The number of urea groups is 1. The molecule has 74 valence electrons. The third-order valence-electron chi connectivity index (χ3n) is 1.67. The topological polar surface area (TPSA) is 105 Å². The molecule has 0 aromatic rings. The van der Waals surface area contributed by atoms with Crippen LogP contribution in [-0.4, -0.2) is 24.6 Å². The first-order valence-corrected chi connectivity index (χ1v) is 3.94. The average Bonchev–Trinajstić information content (AvgIpc) is 2.55. The second-order valence-corrected chi connectivity index (χ2v) is 2.66. The second kappa shape index (κ2) is 4.63. The second-order valence-electron chi connectivity index (χ2n) is 2.66. The van der Waals surface area contributed by atoms with E-state index in [1.807, 2.05) is 11.0 Å². The first kappa shape index (κ1) is 9.75. The molecular weight excluding hydrogens is 176 g/mol. The zero-order valence-corrected chi connectivity index (χ0v) is 7.00. The lowest BCUT2D eigenvalue weighted by molar-refractivity contribution is -0.154. The van der Waals surface area contributed by atoms with Gasteiger partial charge in [-0.25, -0.2) is 15.0 Å². The van der Waals surface area contributed by atoms with Gasteiger partial charge >= 0.3 is 12.0 Å². The fourth-order valence-electron chi connectivity index (χ4n) is 1.08. The summed E-state index contributed by atoms with van der Waals surface area (Å²) in [6.07, 6.45) is 1.69. The maximum atomic E-state index is 11.1. The quantitative estimate of drug-likeness (QED) is 0.398. The van der Waals surface area contributed by atoms with Crippen LogP contribution in [0.1, 0.15) is 12.8 Å². The van der Waals surface area contributed by atoms with E-state index in [1.165, 1.54) is 0 Å². The maximum Gasteiger partial charge on any atom is 0.343 e. The van der Waals surface area contributed by atoms with E-state index in [-0.39, 0.29) is 6.04 Å². The lowest BCUT2D eigenvalue weighted by Gasteiger charge is -2.09. The Balaban J connectivity index is 2.13. The number of primary amides is 1. The molecule has 1 saturated heterocycles. The molecule has 0 aromatic heterocycles. The van der Waals surface area contributed by atoms with Crippen molar-refractivity contribution >= 4 is 12.0 Å². The summed E-state index contributed by atoms with van der Waals surface area (Å²) >= 11 is 0. The summed E-state index contributed by atoms with van der Waals surface area (Å²) in [7, 11) is 0. The number of hydrogen-bond donors (Lipinski definition) is 4. The molecule has 5 N–H and O–H groups in total. The fourth-order valence-corrected chi connectivity index (χ4v) is 1.08. The van der Waals surface area contributed by atoms with Crippen molar-refractivity contribution in [2.75, 3.05) is 6.54 Å². The molecule has 1 fully saturated rings. The third kappa shape index (κ3) is 3.26. The van der Waals surface area contributed by atoms with Crippen LogP contribution in [0.4, 0.5) is 4.79 Å². The summed E-state index contributed by atoms with van der Waals surface area (Å²) in [4.78, 5) is 25.7. The van der Waals surface area contributed by atoms with Crippen LogP contribution in [-0.2, 0) is 9.63 Å². The Morgan fingerprint density at radius 1 is 1.54 bits per heavy atom. The van der Waals surface area contributed by atoms with E-state index in [0.29, 0.717) is 0 Å². The van der Waals surface area contributed by atoms with E-state index in [1.54, 1.807) is 0 Å². The number of hydrogen-bond acceptors (Lipinski definition) is 5. The first-order chi connectivity index (χ1) is 6.20. The number of nitrogens with two attached hydrogens (primary N) is 1. The molecule has 0 radical (unpaired) electrons. The van der Waals surface area contributed by atoms with Crippen LogP contribution in [0.15, 0.2) is 0 Å². The monoisotopic (exact) mass is 188 g/mol. The highest BCUT2D eigenvalue weighted by atomic mass is 16.7. The standard InChI is InChI=1S/C6H12N4O3/c7-6(12)9-10-13-5(11)4-2-1-3-8-4/h4,8,10H,1-3H2,(H3,7,9,12). The minimum Gasteiger partial charge on any atom is -0.350 e. The van der Waals surface area contributed by atoms with E-state index in [4.69, 9.17) is 5.73 Å². The van der Waals surface area contributed by atoms with E-state index in [2.05, 4.69) is 10.2 Å². The van der Waals surface area contributed by atoms with Crippen molar-refractivity contribution in [3.8, 4) is 0 Å². The molecule has 1 rings (SSSR count). The number of rotatable bonds is 3. The van der Waals surface area contributed by atoms with Crippen LogP contribution >= 0.6 is 0 Å². The number of amides is 2. The average molecular weight is 188 g/mol. The van der Waals surface area contributed by atoms with Gasteiger partial charge in [0.1, 0.15) is 6.04 Å². The van der Waals surface area contributed by atoms with E-state index < -0.39 is 12.0 Å². The molecule has 0 bridgehead atoms. The summed E-state index contributed by atoms with van der Waals surface area (Å²) in [6.45, 7) is 0.809. The van der Waals surface area contributed by atoms with Crippen LogP contribution in [0, 0.1) is 0 Å². The zero-order valence-electron chi connectivity index (χ0n) is 7.00. The Labute approximate surface area is 74.9 Å². The molecule has 1 aliphatic heterocycles. The van der Waals surface area contributed by atoms with Gasteiger partial charge in [0.15, 0.2) is 0 Å². The van der Waals surface area contributed by atoms with Gasteiger partial charge in [-0.05, 0) is 19.4 Å². The smallest absolute Gasteiger partial charge is 0.343 e. The molecule has 0 spiro atoms. The van der Waals surface area contributed by atoms with Gasteiger partial charge in [0.2, 0.25) is 0 Å². The van der Waals surface area contributed by atoms with Crippen LogP contribution < -0.4 is 22.1 Å². The van der Waals surface area contributed by atoms with Gasteiger partial charge in [-0.3, -0.25) is 0 Å². The number of hydrazine groups is 1. The number of carbonyl (C=O) groups excluding carboxylic acids is 2. The molecule has 1 heterocycles. The van der Waals surface area contributed by atoms with Crippen LogP contribution in [0.3, 0.4) is 0 Å². The zero-order chi connectivity index (χ0) is 9.68. The van der Waals surface area contributed by atoms with E-state index in [9.17, 15) is 9.59 Å². The van der Waals surface area contributed by atoms with Gasteiger partial charge in [0.25, 0.3) is 0 Å². The summed E-state index contributed by atoms with van der Waals surface area (Å²) in [5.74, 6) is -0.453. The highest BCUT2D eigenvalue weighted by Crippen LogP contribution is 2.05. The minimum absolute atomic E-state index is 0.290. The summed E-state index contributed by atoms with van der Waals surface area (Å²) in [5.41, 5.74) is 8.58. The predicted octanol–water partition coefficient (Wildman–Crippen LogP) is -1.63. The van der Waals surface area contributed by atoms with Gasteiger partial charge < -0.3 is 15.9 Å². The van der Waals surface area contributed by atoms with Gasteiger partial charge in [0.05, 0.1) is 0 Å². The van der Waals surface area contributed by atoms with E-state index in [0.717, 1.165) is 19.4 Å². The summed E-state index contributed by atoms with van der Waals surface area (Å²) in [5, 5.41) is 2.94. The largest absolute Gasteiger partial charge is 0.350 e. The van der Waals surface area contributed by atoms with Gasteiger partial charge in [-0.2, -0.15) is 0 Å². The molecule has 1 aliphatic rings. The summed E-state index contributed by atoms with van der Waals surface area (Å²) < 4.78 is 0. The minimum atomic E-state index is -0.813. The number of nitrogens with one attached hydrogen (secondary N) is 3. The predicted molar refractivity (Wildman–Crippen MR) is 43.0 cm³/mol. The van der Waals surface area contributed by atoms with Gasteiger partial charge in [-0.15, -0.1) is 0 Å². The van der Waals surface area contributed by atoms with Crippen molar-refractivity contribution in [3.05, 3.63) is 0 Å². The first-order valence-electron chi connectivity index (χ1n) is 3.94. The number of carbonyl (C=O) groups is 2. The Morgan fingerprint density at radius 2 is 2.31 bits per heavy atom. The maximum absolute atomic E-state index is 11.1. The Bertz CT molecular complexity index is 202. The van der Waals surface area contributed by atoms with Crippen molar-refractivity contribution in [1.82, 2.24) is 16.3 Å². The van der Waals surface area contributed by atoms with Crippen molar-refractivity contribution in [2.24, 2.45) is 5.73 Å². The van der Waals surface area contributed by atoms with Crippen LogP contribution in [0.5, 0.6) is 0 Å². The van der Waals surface area contributed by atoms with Crippen molar-refractivity contribution in [2.45, 2.75) is 18.9 Å². The highest BCUT2D eigenvalue weighted by molar-refractivity contribution is 5.76. The molecule has 7 nitrogen and oxygen atoms in total. The molecule has 0 aliphatic carbocycles. The normalized spacial score (nSPS) is 21.1. The molecule has 2 amide bonds. The Hall–Kier alpha value is -1.34. The Morgan fingerprint density at radius 3 is 2.85 bits per heavy atom. The highest BCUT2D eigenvalue weighted by Gasteiger charge is 2.23. The molecule has 1 atom stereocenters. The van der Waals surface area contributed by atoms with Crippen molar-refractivity contribution < 1.29 is 14.4 Å². The van der Waals surface area contributed by atoms with Crippen LogP contribution in [0.25, 0.3) is 0 Å². The fraction of sp³-hybridized carbons (Fsp3) is 0.667. The van der Waals surface area contributed by atoms with E-state index >= 15 is 0 Å². The van der Waals surface area contributed by atoms with Crippen LogP contribution in [0.2, 0.25) is 0 Å². The lowest BCUT2D eigenvalue weighted by Crippen LogP contribution is -2.45. The Kier molecular flexibility index (Phi) is 3.47. The molecule has 7 heteroatoms. The molecule has 0 saturated carbocycles. The molecular formula is C6H12N4O3. The SMILES string of the molecule is NC(=O)NNOC(=O)C1CCCN1. The van der Waals surface area contributed by atoms with Gasteiger partial charge in [-0.1, -0.05) is 5.59 Å². The lowest BCUT2D eigenvalue weighted by atomic mass is 10.2. The molecule has 1 unspecified atom stereocenters. The van der Waals surface area contributed by atoms with Crippen molar-refractivity contribution in [3.63, 3.8) is 0 Å². The molecule has 0 aromatic carbocycles. The third-order valence-corrected chi connectivity index (χ3v) is 1.67.